The first-order valence-corrected chi connectivity index (χ1v) is 31.9. The second-order valence-electron chi connectivity index (χ2n) is 22.5. The number of benzene rings is 4. The summed E-state index contributed by atoms with van der Waals surface area (Å²) in [6.07, 6.45) is 12.2. The number of halogens is 3. The molecule has 1 aromatic heterocycles. The number of aromatic nitrogens is 1. The zero-order chi connectivity index (χ0) is 64.1. The molecule has 90 heavy (non-hydrogen) atoms. The fraction of sp³-hybridized carbons (Fsp3) is 0.464. The van der Waals surface area contributed by atoms with E-state index >= 15 is 0 Å². The molecule has 484 valence electrons. The lowest BCUT2D eigenvalue weighted by molar-refractivity contribution is -0.151. The third-order valence-electron chi connectivity index (χ3n) is 15.6. The number of fused-ring (bicyclic) bond motifs is 1. The van der Waals surface area contributed by atoms with Gasteiger partial charge < -0.3 is 42.6 Å². The quantitative estimate of drug-likeness (QED) is 0.00691. The van der Waals surface area contributed by atoms with E-state index in [1.807, 2.05) is 49.4 Å². The molecule has 7 rings (SSSR count). The molecule has 0 amide bonds. The van der Waals surface area contributed by atoms with Crippen LogP contribution >= 0.6 is 11.3 Å². The fourth-order valence-electron chi connectivity index (χ4n) is 10.3. The number of esters is 5. The van der Waals surface area contributed by atoms with Gasteiger partial charge in [0.05, 0.1) is 80.6 Å². The molecule has 2 aliphatic carbocycles. The van der Waals surface area contributed by atoms with Gasteiger partial charge in [0.1, 0.15) is 40.1 Å². The number of unbranched alkanes of at least 4 members (excludes halogenated alkanes) is 6. The van der Waals surface area contributed by atoms with Crippen LogP contribution in [0.2, 0.25) is 0 Å². The van der Waals surface area contributed by atoms with Gasteiger partial charge in [-0.1, -0.05) is 43.2 Å². The smallest absolute Gasteiger partial charge is 0.422 e. The van der Waals surface area contributed by atoms with Crippen molar-refractivity contribution in [1.82, 2.24) is 4.98 Å². The molecule has 2 aliphatic rings. The maximum Gasteiger partial charge on any atom is 0.422 e. The molecule has 5 aromatic rings. The first-order valence-electron chi connectivity index (χ1n) is 31.0. The zero-order valence-corrected chi connectivity index (χ0v) is 52.0. The molecule has 21 heteroatoms. The molecule has 1 atom stereocenters. The second kappa shape index (κ2) is 36.5. The number of carbonyl (C=O) groups is 5. The average Bonchev–Trinajstić information content (AvgIpc) is 2.03. The molecule has 0 spiro atoms. The lowest BCUT2D eigenvalue weighted by Gasteiger charge is -2.28. The van der Waals surface area contributed by atoms with E-state index in [2.05, 4.69) is 19.7 Å². The Balaban J connectivity index is 0.928. The second-order valence-corrected chi connectivity index (χ2v) is 23.5. The SMILES string of the molecule is C=CC(=O)OCCCCCCOc1ccc(OC(=O)C2CCC(COc3ccc(OCC4CCC(C(=O)Oc5ccc(OCCCCCCOC(=O)C=C)cc5)CC4)c(/C=N/N(c4nc5ccccc5s4)C(C)CCCOC(=O)C(=C)C(F)(F)F)c3)CC2)cc1. The van der Waals surface area contributed by atoms with Crippen molar-refractivity contribution >= 4 is 62.7 Å². The number of thiazole rings is 1. The Morgan fingerprint density at radius 3 is 1.59 bits per heavy atom. The van der Waals surface area contributed by atoms with Crippen molar-refractivity contribution in [3.8, 4) is 34.5 Å². The fourth-order valence-corrected chi connectivity index (χ4v) is 11.3. The van der Waals surface area contributed by atoms with Crippen LogP contribution in [0, 0.1) is 23.7 Å². The van der Waals surface area contributed by atoms with Crippen molar-refractivity contribution in [2.45, 2.75) is 135 Å². The van der Waals surface area contributed by atoms with Gasteiger partial charge in [-0.15, -0.1) is 0 Å². The highest BCUT2D eigenvalue weighted by Gasteiger charge is 2.38. The number of hydrazone groups is 1. The minimum absolute atomic E-state index is 0.150. The van der Waals surface area contributed by atoms with Crippen LogP contribution in [0.4, 0.5) is 18.3 Å². The van der Waals surface area contributed by atoms with Crippen molar-refractivity contribution in [3.63, 3.8) is 0 Å². The Morgan fingerprint density at radius 1 is 0.600 bits per heavy atom. The molecule has 0 saturated heterocycles. The Kier molecular flexibility index (Phi) is 28.1. The van der Waals surface area contributed by atoms with Crippen molar-refractivity contribution in [2.24, 2.45) is 28.8 Å². The van der Waals surface area contributed by atoms with Gasteiger partial charge in [0.25, 0.3) is 0 Å². The molecule has 0 radical (unpaired) electrons. The number of rotatable bonds is 37. The topological polar surface area (TPSA) is 197 Å². The van der Waals surface area contributed by atoms with E-state index in [1.54, 1.807) is 59.8 Å². The maximum atomic E-state index is 13.4. The average molecular weight is 1270 g/mol. The summed E-state index contributed by atoms with van der Waals surface area (Å²) in [4.78, 5) is 66.0. The van der Waals surface area contributed by atoms with Crippen LogP contribution in [-0.2, 0) is 38.2 Å². The summed E-state index contributed by atoms with van der Waals surface area (Å²) >= 11 is 1.43. The van der Waals surface area contributed by atoms with Gasteiger partial charge in [-0.25, -0.2) is 24.4 Å². The highest BCUT2D eigenvalue weighted by Crippen LogP contribution is 2.36. The highest BCUT2D eigenvalue weighted by molar-refractivity contribution is 7.22. The molecule has 17 nitrogen and oxygen atoms in total. The predicted octanol–water partition coefficient (Wildman–Crippen LogP) is 14.9. The van der Waals surface area contributed by atoms with Gasteiger partial charge in [-0.2, -0.15) is 18.3 Å². The molecule has 0 N–H and O–H groups in total. The lowest BCUT2D eigenvalue weighted by Crippen LogP contribution is -2.29. The first kappa shape index (κ1) is 69.3. The number of hydrogen-bond donors (Lipinski definition) is 0. The van der Waals surface area contributed by atoms with Crippen LogP contribution in [0.5, 0.6) is 34.5 Å². The number of carbonyl (C=O) groups excluding carboxylic acids is 5. The van der Waals surface area contributed by atoms with Crippen molar-refractivity contribution in [3.05, 3.63) is 134 Å². The minimum atomic E-state index is -4.90. The third kappa shape index (κ3) is 23.3. The van der Waals surface area contributed by atoms with E-state index in [4.69, 9.17) is 52.7 Å². The Labute approximate surface area is 528 Å². The Morgan fingerprint density at radius 2 is 1.08 bits per heavy atom. The van der Waals surface area contributed by atoms with Crippen LogP contribution < -0.4 is 33.4 Å². The molecular weight excluding hydrogens is 1180 g/mol. The number of anilines is 1. The van der Waals surface area contributed by atoms with Crippen LogP contribution in [0.15, 0.2) is 134 Å². The summed E-state index contributed by atoms with van der Waals surface area (Å²) in [6, 6.07) is 26.9. The normalized spacial score (nSPS) is 16.9. The molecule has 2 saturated carbocycles. The van der Waals surface area contributed by atoms with Gasteiger partial charge in [0, 0.05) is 17.7 Å². The lowest BCUT2D eigenvalue weighted by atomic mass is 9.82. The van der Waals surface area contributed by atoms with Crippen LogP contribution in [0.3, 0.4) is 0 Å². The van der Waals surface area contributed by atoms with Crippen LogP contribution in [0.25, 0.3) is 10.2 Å². The van der Waals surface area contributed by atoms with E-state index in [0.717, 1.165) is 99.4 Å². The summed E-state index contributed by atoms with van der Waals surface area (Å²) in [7, 11) is 0. The van der Waals surface area contributed by atoms with E-state index in [0.29, 0.717) is 117 Å². The van der Waals surface area contributed by atoms with E-state index in [9.17, 15) is 37.1 Å². The summed E-state index contributed by atoms with van der Waals surface area (Å²) in [6.45, 7) is 13.9. The standard InChI is InChI=1S/C69H82F3N3O14S/c1-5-63(76)83-41-15-9-7-13-39-81-55-29-33-57(34-30-55)88-66(79)52-25-21-50(22-26-52)46-86-59-37-38-61(54(44-59)45-73-75(68-74-60-19-11-12-20-62(60)90-68)48(3)18-17-43-85-65(78)49(4)69(70,71)72)87-47-51-23-27-53(28-24-51)67(80)89-58-35-31-56(32-36-58)82-40-14-8-10-16-42-84-64(77)6-2/h5-6,11-12,19-20,29-38,44-45,48,50-53H,1-2,4,7-10,13-18,21-28,39-43,46-47H2,3H3/b73-45+. The summed E-state index contributed by atoms with van der Waals surface area (Å²) in [5, 5.41) is 7.31. The van der Waals surface area contributed by atoms with Crippen molar-refractivity contribution < 1.29 is 79.8 Å². The molecule has 0 aliphatic heterocycles. The number of ether oxygens (including phenoxy) is 9. The number of para-hydroxylation sites is 1. The Hall–Kier alpha value is -8.20. The van der Waals surface area contributed by atoms with Gasteiger partial charge in [0.15, 0.2) is 0 Å². The van der Waals surface area contributed by atoms with Crippen LogP contribution in [-0.4, -0.2) is 99.5 Å². The maximum absolute atomic E-state index is 13.4. The van der Waals surface area contributed by atoms with Crippen LogP contribution in [0.1, 0.15) is 128 Å². The molecular formula is C69H82F3N3O14S. The summed E-state index contributed by atoms with van der Waals surface area (Å²) in [5.41, 5.74) is -0.190. The summed E-state index contributed by atoms with van der Waals surface area (Å²) < 4.78 is 91.6. The summed E-state index contributed by atoms with van der Waals surface area (Å²) in [5.74, 6) is 0.302. The highest BCUT2D eigenvalue weighted by atomic mass is 32.1. The van der Waals surface area contributed by atoms with Gasteiger partial charge in [-0.05, 0) is 213 Å². The number of alkyl halides is 3. The molecule has 0 bridgehead atoms. The minimum Gasteiger partial charge on any atom is -0.494 e. The monoisotopic (exact) mass is 1270 g/mol. The largest absolute Gasteiger partial charge is 0.494 e. The van der Waals surface area contributed by atoms with Crippen molar-refractivity contribution in [1.29, 1.82) is 0 Å². The predicted molar refractivity (Wildman–Crippen MR) is 337 cm³/mol. The Bertz CT molecular complexity index is 3120. The molecule has 1 heterocycles. The first-order chi connectivity index (χ1) is 43.5. The number of hydrogen-bond acceptors (Lipinski definition) is 18. The molecule has 4 aromatic carbocycles. The van der Waals surface area contributed by atoms with Gasteiger partial charge in [-0.3, -0.25) is 9.59 Å². The third-order valence-corrected chi connectivity index (χ3v) is 16.7. The molecule has 2 fully saturated rings. The zero-order valence-electron chi connectivity index (χ0n) is 51.2. The number of nitrogens with zero attached hydrogens (tertiary/aromatic N) is 3. The molecule has 1 unspecified atom stereocenters. The van der Waals surface area contributed by atoms with Gasteiger partial charge >= 0.3 is 36.0 Å². The van der Waals surface area contributed by atoms with E-state index in [1.165, 1.54) is 11.3 Å². The van der Waals surface area contributed by atoms with E-state index in [-0.39, 0.29) is 54.7 Å². The van der Waals surface area contributed by atoms with Gasteiger partial charge in [0.2, 0.25) is 5.13 Å². The van der Waals surface area contributed by atoms with Crippen molar-refractivity contribution in [2.75, 3.05) is 51.3 Å². The van der Waals surface area contributed by atoms with E-state index < -0.39 is 29.7 Å².